The molecule has 0 atom stereocenters. The first-order valence-electron chi connectivity index (χ1n) is 6.42. The molecular formula is C14H14FN3O2. The molecule has 104 valence electrons. The maximum atomic E-state index is 13.4. The van der Waals surface area contributed by atoms with E-state index in [0.29, 0.717) is 17.8 Å². The number of carboxylic acids is 1. The van der Waals surface area contributed by atoms with Gasteiger partial charge in [-0.15, -0.1) is 0 Å². The van der Waals surface area contributed by atoms with Crippen LogP contribution in [0.4, 0.5) is 4.39 Å². The van der Waals surface area contributed by atoms with Crippen molar-refractivity contribution in [2.24, 2.45) is 0 Å². The zero-order chi connectivity index (χ0) is 14.1. The van der Waals surface area contributed by atoms with Crippen molar-refractivity contribution in [3.63, 3.8) is 0 Å². The predicted octanol–water partition coefficient (Wildman–Crippen LogP) is 1.42. The number of nitrogens with one attached hydrogen (secondary N) is 1. The normalized spacial score (nSPS) is 14.1. The summed E-state index contributed by atoms with van der Waals surface area (Å²) in [6, 6.07) is 6.21. The molecule has 1 aromatic carbocycles. The van der Waals surface area contributed by atoms with Crippen molar-refractivity contribution >= 4 is 5.97 Å². The maximum absolute atomic E-state index is 13.4. The molecule has 1 aromatic heterocycles. The molecule has 6 heteroatoms. The zero-order valence-electron chi connectivity index (χ0n) is 10.8. The van der Waals surface area contributed by atoms with Crippen LogP contribution in [-0.4, -0.2) is 27.4 Å². The number of carboxylic acid groups (broad SMARTS) is 1. The lowest BCUT2D eigenvalue weighted by Gasteiger charge is -2.15. The fourth-order valence-electron chi connectivity index (χ4n) is 2.55. The second-order valence-electron chi connectivity index (χ2n) is 4.76. The van der Waals surface area contributed by atoms with Crippen molar-refractivity contribution < 1.29 is 14.3 Å². The molecule has 5 nitrogen and oxygen atoms in total. The van der Waals surface area contributed by atoms with Gasteiger partial charge in [-0.2, -0.15) is 5.10 Å². The first-order valence-corrected chi connectivity index (χ1v) is 6.42. The van der Waals surface area contributed by atoms with Gasteiger partial charge in [0.05, 0.1) is 5.69 Å². The van der Waals surface area contributed by atoms with Crippen LogP contribution in [0.3, 0.4) is 0 Å². The van der Waals surface area contributed by atoms with E-state index in [1.54, 1.807) is 12.1 Å². The number of aromatic nitrogens is 2. The number of rotatable bonds is 3. The van der Waals surface area contributed by atoms with E-state index >= 15 is 0 Å². The number of halogens is 1. The Morgan fingerprint density at radius 1 is 1.50 bits per heavy atom. The van der Waals surface area contributed by atoms with Crippen molar-refractivity contribution in [1.29, 1.82) is 0 Å². The topological polar surface area (TPSA) is 67.1 Å². The van der Waals surface area contributed by atoms with E-state index in [9.17, 15) is 9.18 Å². The summed E-state index contributed by atoms with van der Waals surface area (Å²) in [5.74, 6) is -1.26. The summed E-state index contributed by atoms with van der Waals surface area (Å²) in [5.41, 5.74) is 3.22. The lowest BCUT2D eigenvalue weighted by atomic mass is 10.0. The molecule has 3 rings (SSSR count). The van der Waals surface area contributed by atoms with Gasteiger partial charge in [-0.1, -0.05) is 12.1 Å². The molecule has 0 aliphatic carbocycles. The summed E-state index contributed by atoms with van der Waals surface area (Å²) in [6.45, 7) is 1.25. The fraction of sp³-hybridized carbons (Fsp3) is 0.286. The fourth-order valence-corrected chi connectivity index (χ4v) is 2.55. The van der Waals surface area contributed by atoms with Gasteiger partial charge in [0.25, 0.3) is 0 Å². The Kier molecular flexibility index (Phi) is 3.23. The summed E-state index contributed by atoms with van der Waals surface area (Å²) in [6.07, 6.45) is 0.727. The number of hydrogen-bond acceptors (Lipinski definition) is 3. The van der Waals surface area contributed by atoms with Crippen molar-refractivity contribution in [1.82, 2.24) is 15.1 Å². The highest BCUT2D eigenvalue weighted by molar-refractivity contribution is 5.68. The van der Waals surface area contributed by atoms with Crippen LogP contribution in [0.1, 0.15) is 11.3 Å². The minimum atomic E-state index is -0.931. The highest BCUT2D eigenvalue weighted by atomic mass is 19.1. The van der Waals surface area contributed by atoms with E-state index in [1.165, 1.54) is 16.8 Å². The average molecular weight is 275 g/mol. The number of aliphatic carboxylic acids is 1. The largest absolute Gasteiger partial charge is 0.480 e. The van der Waals surface area contributed by atoms with Crippen LogP contribution in [0.25, 0.3) is 11.3 Å². The van der Waals surface area contributed by atoms with Crippen molar-refractivity contribution in [3.05, 3.63) is 41.3 Å². The van der Waals surface area contributed by atoms with Crippen LogP contribution in [0.5, 0.6) is 0 Å². The minimum Gasteiger partial charge on any atom is -0.480 e. The van der Waals surface area contributed by atoms with Gasteiger partial charge in [0.1, 0.15) is 12.4 Å². The van der Waals surface area contributed by atoms with Gasteiger partial charge in [-0.3, -0.25) is 9.48 Å². The second-order valence-corrected chi connectivity index (χ2v) is 4.76. The van der Waals surface area contributed by atoms with E-state index in [1.807, 2.05) is 0 Å². The third kappa shape index (κ3) is 2.30. The molecule has 1 aliphatic rings. The molecule has 0 bridgehead atoms. The van der Waals surface area contributed by atoms with Gasteiger partial charge < -0.3 is 10.4 Å². The monoisotopic (exact) mass is 275 g/mol. The number of hydrogen-bond donors (Lipinski definition) is 2. The number of fused-ring (bicyclic) bond motifs is 1. The van der Waals surface area contributed by atoms with Gasteiger partial charge in [0, 0.05) is 36.3 Å². The van der Waals surface area contributed by atoms with E-state index in [4.69, 9.17) is 5.11 Å². The molecule has 0 saturated heterocycles. The highest BCUT2D eigenvalue weighted by Gasteiger charge is 2.22. The van der Waals surface area contributed by atoms with E-state index in [-0.39, 0.29) is 12.4 Å². The van der Waals surface area contributed by atoms with Gasteiger partial charge >= 0.3 is 5.97 Å². The Labute approximate surface area is 115 Å². The van der Waals surface area contributed by atoms with Crippen LogP contribution >= 0.6 is 0 Å². The SMILES string of the molecule is O=C(O)Cn1nc(-c2cccc(F)c2)c2c1CCNC2. The second kappa shape index (κ2) is 5.05. The summed E-state index contributed by atoms with van der Waals surface area (Å²) in [5, 5.41) is 16.6. The van der Waals surface area contributed by atoms with Gasteiger partial charge in [0.2, 0.25) is 0 Å². The molecule has 0 spiro atoms. The number of benzene rings is 1. The quantitative estimate of drug-likeness (QED) is 0.889. The number of nitrogens with zero attached hydrogens (tertiary/aromatic N) is 2. The van der Waals surface area contributed by atoms with E-state index < -0.39 is 5.97 Å². The first-order chi connectivity index (χ1) is 9.65. The average Bonchev–Trinajstić information content (AvgIpc) is 2.77. The standard InChI is InChI=1S/C14H14FN3O2/c15-10-3-1-2-9(6-10)14-11-7-16-5-4-12(11)18(17-14)8-13(19)20/h1-3,6,16H,4-5,7-8H2,(H,19,20). The summed E-state index contributed by atoms with van der Waals surface area (Å²) < 4.78 is 14.9. The Balaban J connectivity index is 2.11. The number of carbonyl (C=O) groups is 1. The molecular weight excluding hydrogens is 261 g/mol. The molecule has 0 radical (unpaired) electrons. The lowest BCUT2D eigenvalue weighted by Crippen LogP contribution is -2.25. The van der Waals surface area contributed by atoms with Crippen LogP contribution in [0.15, 0.2) is 24.3 Å². The third-order valence-electron chi connectivity index (χ3n) is 3.39. The van der Waals surface area contributed by atoms with Crippen molar-refractivity contribution in [2.45, 2.75) is 19.5 Å². The van der Waals surface area contributed by atoms with Gasteiger partial charge in [-0.05, 0) is 12.1 Å². The van der Waals surface area contributed by atoms with Crippen LogP contribution < -0.4 is 5.32 Å². The van der Waals surface area contributed by atoms with Gasteiger partial charge in [0.15, 0.2) is 0 Å². The smallest absolute Gasteiger partial charge is 0.325 e. The van der Waals surface area contributed by atoms with Crippen LogP contribution in [-0.2, 0) is 24.3 Å². The molecule has 20 heavy (non-hydrogen) atoms. The molecule has 0 fully saturated rings. The molecule has 1 aliphatic heterocycles. The van der Waals surface area contributed by atoms with Gasteiger partial charge in [-0.25, -0.2) is 4.39 Å². The molecule has 2 N–H and O–H groups in total. The van der Waals surface area contributed by atoms with E-state index in [2.05, 4.69) is 10.4 Å². The zero-order valence-corrected chi connectivity index (χ0v) is 10.8. The Morgan fingerprint density at radius 2 is 2.35 bits per heavy atom. The molecule has 0 unspecified atom stereocenters. The van der Waals surface area contributed by atoms with Crippen LogP contribution in [0.2, 0.25) is 0 Å². The lowest BCUT2D eigenvalue weighted by molar-refractivity contribution is -0.137. The predicted molar refractivity (Wildman–Crippen MR) is 70.7 cm³/mol. The molecule has 2 heterocycles. The highest BCUT2D eigenvalue weighted by Crippen LogP contribution is 2.28. The molecule has 2 aromatic rings. The van der Waals surface area contributed by atoms with E-state index in [0.717, 1.165) is 24.2 Å². The Bertz CT molecular complexity index is 666. The summed E-state index contributed by atoms with van der Waals surface area (Å²) in [4.78, 5) is 10.9. The third-order valence-corrected chi connectivity index (χ3v) is 3.39. The Hall–Kier alpha value is -2.21. The minimum absolute atomic E-state index is 0.169. The van der Waals surface area contributed by atoms with Crippen molar-refractivity contribution in [3.8, 4) is 11.3 Å². The molecule has 0 amide bonds. The molecule has 0 saturated carbocycles. The first kappa shape index (κ1) is 12.8. The summed E-state index contributed by atoms with van der Waals surface area (Å²) >= 11 is 0. The summed E-state index contributed by atoms with van der Waals surface area (Å²) in [7, 11) is 0. The maximum Gasteiger partial charge on any atom is 0.325 e. The van der Waals surface area contributed by atoms with Crippen LogP contribution in [0, 0.1) is 5.82 Å². The Morgan fingerprint density at radius 3 is 3.10 bits per heavy atom. The van der Waals surface area contributed by atoms with Crippen molar-refractivity contribution in [2.75, 3.05) is 6.54 Å².